The van der Waals surface area contributed by atoms with Crippen molar-refractivity contribution in [1.82, 2.24) is 4.90 Å². The molecule has 0 bridgehead atoms. The van der Waals surface area contributed by atoms with Crippen LogP contribution >= 0.6 is 0 Å². The van der Waals surface area contributed by atoms with Crippen LogP contribution in [0.5, 0.6) is 0 Å². The molecule has 0 aromatic heterocycles. The quantitative estimate of drug-likeness (QED) is 0.704. The van der Waals surface area contributed by atoms with Gasteiger partial charge in [0.25, 0.3) is 0 Å². The standard InChI is InChI=1S/C11H22N2O2/c1-11(2,12)8-10(14)15-9-4-6-13(3)7-5-9/h9H,4-8,12H2,1-3H3. The van der Waals surface area contributed by atoms with Crippen molar-refractivity contribution in [2.75, 3.05) is 20.1 Å². The minimum Gasteiger partial charge on any atom is -0.462 e. The Balaban J connectivity index is 2.27. The molecule has 0 aromatic carbocycles. The molecular formula is C11H22N2O2. The highest BCUT2D eigenvalue weighted by atomic mass is 16.5. The number of piperidine rings is 1. The second-order valence-electron chi connectivity index (χ2n) is 5.16. The summed E-state index contributed by atoms with van der Waals surface area (Å²) in [6, 6.07) is 0. The van der Waals surface area contributed by atoms with Gasteiger partial charge in [-0.05, 0) is 33.7 Å². The molecule has 1 aliphatic rings. The first-order valence-electron chi connectivity index (χ1n) is 5.54. The first-order valence-corrected chi connectivity index (χ1v) is 5.54. The van der Waals surface area contributed by atoms with Crippen molar-refractivity contribution in [3.05, 3.63) is 0 Å². The van der Waals surface area contributed by atoms with Gasteiger partial charge < -0.3 is 15.4 Å². The van der Waals surface area contributed by atoms with E-state index in [-0.39, 0.29) is 12.1 Å². The smallest absolute Gasteiger partial charge is 0.307 e. The fourth-order valence-corrected chi connectivity index (χ4v) is 1.70. The first kappa shape index (κ1) is 12.5. The molecule has 1 heterocycles. The van der Waals surface area contributed by atoms with Gasteiger partial charge in [-0.1, -0.05) is 0 Å². The third-order valence-corrected chi connectivity index (χ3v) is 2.56. The molecular weight excluding hydrogens is 192 g/mol. The maximum absolute atomic E-state index is 11.5. The van der Waals surface area contributed by atoms with E-state index in [1.807, 2.05) is 13.8 Å². The molecule has 0 amide bonds. The summed E-state index contributed by atoms with van der Waals surface area (Å²) in [5, 5.41) is 0. The lowest BCUT2D eigenvalue weighted by Gasteiger charge is -2.29. The summed E-state index contributed by atoms with van der Waals surface area (Å²) in [6.45, 7) is 5.68. The Morgan fingerprint density at radius 1 is 1.47 bits per heavy atom. The van der Waals surface area contributed by atoms with Gasteiger partial charge in [0.2, 0.25) is 0 Å². The Bertz CT molecular complexity index is 215. The predicted octanol–water partition coefficient (Wildman–Crippen LogP) is 0.751. The molecule has 1 fully saturated rings. The Morgan fingerprint density at radius 3 is 2.47 bits per heavy atom. The van der Waals surface area contributed by atoms with Gasteiger partial charge in [-0.15, -0.1) is 0 Å². The number of esters is 1. The number of carbonyl (C=O) groups is 1. The van der Waals surface area contributed by atoms with E-state index < -0.39 is 5.54 Å². The lowest BCUT2D eigenvalue weighted by molar-refractivity contribution is -0.152. The van der Waals surface area contributed by atoms with Crippen molar-refractivity contribution in [2.24, 2.45) is 5.73 Å². The summed E-state index contributed by atoms with van der Waals surface area (Å²) in [5.74, 6) is -0.169. The van der Waals surface area contributed by atoms with Crippen LogP contribution in [0.2, 0.25) is 0 Å². The molecule has 0 atom stereocenters. The summed E-state index contributed by atoms with van der Waals surface area (Å²) in [4.78, 5) is 13.7. The number of nitrogens with two attached hydrogens (primary N) is 1. The predicted molar refractivity (Wildman–Crippen MR) is 59.5 cm³/mol. The monoisotopic (exact) mass is 214 g/mol. The zero-order valence-corrected chi connectivity index (χ0v) is 9.95. The molecule has 88 valence electrons. The van der Waals surface area contributed by atoms with Crippen LogP contribution in [-0.4, -0.2) is 42.6 Å². The van der Waals surface area contributed by atoms with Gasteiger partial charge in [0.1, 0.15) is 6.10 Å². The van der Waals surface area contributed by atoms with E-state index in [0.29, 0.717) is 6.42 Å². The van der Waals surface area contributed by atoms with Crippen LogP contribution in [0.4, 0.5) is 0 Å². The molecule has 1 saturated heterocycles. The third kappa shape index (κ3) is 5.14. The summed E-state index contributed by atoms with van der Waals surface area (Å²) in [5.41, 5.74) is 5.28. The summed E-state index contributed by atoms with van der Waals surface area (Å²) in [7, 11) is 2.08. The Morgan fingerprint density at radius 2 is 2.00 bits per heavy atom. The molecule has 1 rings (SSSR count). The Hall–Kier alpha value is -0.610. The molecule has 2 N–H and O–H groups in total. The minimum absolute atomic E-state index is 0.0936. The van der Waals surface area contributed by atoms with Gasteiger partial charge in [0, 0.05) is 18.6 Å². The molecule has 4 heteroatoms. The van der Waals surface area contributed by atoms with Gasteiger partial charge >= 0.3 is 5.97 Å². The second-order valence-corrected chi connectivity index (χ2v) is 5.16. The van der Waals surface area contributed by atoms with E-state index in [0.717, 1.165) is 25.9 Å². The van der Waals surface area contributed by atoms with E-state index in [4.69, 9.17) is 10.5 Å². The molecule has 0 unspecified atom stereocenters. The van der Waals surface area contributed by atoms with E-state index in [9.17, 15) is 4.79 Å². The summed E-state index contributed by atoms with van der Waals surface area (Å²) < 4.78 is 5.37. The van der Waals surface area contributed by atoms with E-state index >= 15 is 0 Å². The van der Waals surface area contributed by atoms with Crippen LogP contribution in [0.15, 0.2) is 0 Å². The Labute approximate surface area is 91.8 Å². The number of hydrogen-bond donors (Lipinski definition) is 1. The van der Waals surface area contributed by atoms with Crippen molar-refractivity contribution in [1.29, 1.82) is 0 Å². The van der Waals surface area contributed by atoms with Crippen molar-refractivity contribution in [3.8, 4) is 0 Å². The normalized spacial score (nSPS) is 20.3. The van der Waals surface area contributed by atoms with Crippen LogP contribution < -0.4 is 5.73 Å². The topological polar surface area (TPSA) is 55.6 Å². The molecule has 0 radical (unpaired) electrons. The van der Waals surface area contributed by atoms with Gasteiger partial charge in [-0.3, -0.25) is 4.79 Å². The molecule has 15 heavy (non-hydrogen) atoms. The highest BCUT2D eigenvalue weighted by molar-refractivity contribution is 5.70. The van der Waals surface area contributed by atoms with Crippen LogP contribution in [0.3, 0.4) is 0 Å². The number of likely N-dealkylation sites (tertiary alicyclic amines) is 1. The largest absolute Gasteiger partial charge is 0.462 e. The molecule has 0 saturated carbocycles. The number of ether oxygens (including phenoxy) is 1. The first-order chi connectivity index (χ1) is 6.87. The molecule has 4 nitrogen and oxygen atoms in total. The molecule has 0 aliphatic carbocycles. The summed E-state index contributed by atoms with van der Waals surface area (Å²) >= 11 is 0. The van der Waals surface area contributed by atoms with Crippen molar-refractivity contribution < 1.29 is 9.53 Å². The number of nitrogens with zero attached hydrogens (tertiary/aromatic N) is 1. The van der Waals surface area contributed by atoms with Gasteiger partial charge in [-0.2, -0.15) is 0 Å². The van der Waals surface area contributed by atoms with Gasteiger partial charge in [0.15, 0.2) is 0 Å². The number of rotatable bonds is 3. The molecule has 0 spiro atoms. The lowest BCUT2D eigenvalue weighted by atomic mass is 10.0. The zero-order chi connectivity index (χ0) is 11.5. The minimum atomic E-state index is -0.470. The maximum Gasteiger partial charge on any atom is 0.307 e. The number of carbonyl (C=O) groups excluding carboxylic acids is 1. The number of hydrogen-bond acceptors (Lipinski definition) is 4. The van der Waals surface area contributed by atoms with Crippen molar-refractivity contribution in [3.63, 3.8) is 0 Å². The third-order valence-electron chi connectivity index (χ3n) is 2.56. The fraction of sp³-hybridized carbons (Fsp3) is 0.909. The average Bonchev–Trinajstić information content (AvgIpc) is 2.05. The second kappa shape index (κ2) is 4.94. The highest BCUT2D eigenvalue weighted by Gasteiger charge is 2.23. The van der Waals surface area contributed by atoms with Gasteiger partial charge in [-0.25, -0.2) is 0 Å². The Kier molecular flexibility index (Phi) is 4.11. The lowest BCUT2D eigenvalue weighted by Crippen LogP contribution is -2.39. The fourth-order valence-electron chi connectivity index (χ4n) is 1.70. The molecule has 0 aromatic rings. The van der Waals surface area contributed by atoms with E-state index in [1.165, 1.54) is 0 Å². The van der Waals surface area contributed by atoms with E-state index in [1.54, 1.807) is 0 Å². The zero-order valence-electron chi connectivity index (χ0n) is 9.95. The van der Waals surface area contributed by atoms with Crippen LogP contribution in [0.25, 0.3) is 0 Å². The maximum atomic E-state index is 11.5. The van der Waals surface area contributed by atoms with Crippen LogP contribution in [0.1, 0.15) is 33.1 Å². The SMILES string of the molecule is CN1CCC(OC(=O)CC(C)(C)N)CC1. The average molecular weight is 214 g/mol. The van der Waals surface area contributed by atoms with Crippen LogP contribution in [-0.2, 0) is 9.53 Å². The van der Waals surface area contributed by atoms with Gasteiger partial charge in [0.05, 0.1) is 6.42 Å². The van der Waals surface area contributed by atoms with Crippen LogP contribution in [0, 0.1) is 0 Å². The highest BCUT2D eigenvalue weighted by Crippen LogP contribution is 2.14. The molecule has 1 aliphatic heterocycles. The summed E-state index contributed by atoms with van der Waals surface area (Å²) in [6.07, 6.45) is 2.26. The van der Waals surface area contributed by atoms with E-state index in [2.05, 4.69) is 11.9 Å². The van der Waals surface area contributed by atoms with Crippen molar-refractivity contribution >= 4 is 5.97 Å². The van der Waals surface area contributed by atoms with Crippen molar-refractivity contribution in [2.45, 2.75) is 44.8 Å².